The highest BCUT2D eigenvalue weighted by molar-refractivity contribution is 7.92. The average molecular weight is 662 g/mol. The summed E-state index contributed by atoms with van der Waals surface area (Å²) in [6.45, 7) is 1.26. The normalized spacial score (nSPS) is 14.1. The van der Waals surface area contributed by atoms with E-state index in [0.29, 0.717) is 5.02 Å². The minimum Gasteiger partial charge on any atom is -0.352 e. The Morgan fingerprint density at radius 3 is 2.13 bits per heavy atom. The quantitative estimate of drug-likeness (QED) is 0.184. The summed E-state index contributed by atoms with van der Waals surface area (Å²) in [6, 6.07) is 26.7. The van der Waals surface area contributed by atoms with Crippen LogP contribution in [0.4, 0.5) is 10.1 Å². The van der Waals surface area contributed by atoms with Crippen LogP contribution in [0.15, 0.2) is 108 Å². The lowest BCUT2D eigenvalue weighted by atomic mass is 10.0. The van der Waals surface area contributed by atoms with Crippen LogP contribution in [-0.2, 0) is 32.6 Å². The highest BCUT2D eigenvalue weighted by Crippen LogP contribution is 2.26. The van der Waals surface area contributed by atoms with Gasteiger partial charge in [-0.05, 0) is 79.4 Å². The molecule has 0 radical (unpaired) electrons. The SMILES string of the molecule is Cc1ccc(S(=O)(=O)N(CC(=O)N(Cc2ccc(Cl)cc2)[C@@H](Cc2ccccc2)C(=O)NC2CCCC2)c2ccc(F)cc2)cc1. The number of hydrogen-bond acceptors (Lipinski definition) is 4. The summed E-state index contributed by atoms with van der Waals surface area (Å²) < 4.78 is 43.1. The van der Waals surface area contributed by atoms with Crippen molar-refractivity contribution in [1.29, 1.82) is 0 Å². The van der Waals surface area contributed by atoms with Crippen LogP contribution in [0, 0.1) is 12.7 Å². The molecule has 1 fully saturated rings. The van der Waals surface area contributed by atoms with Crippen LogP contribution in [0.1, 0.15) is 42.4 Å². The Kier molecular flexibility index (Phi) is 10.8. The van der Waals surface area contributed by atoms with E-state index in [9.17, 15) is 22.4 Å². The molecule has 1 atom stereocenters. The van der Waals surface area contributed by atoms with E-state index in [1.165, 1.54) is 29.2 Å². The Morgan fingerprint density at radius 2 is 1.50 bits per heavy atom. The van der Waals surface area contributed by atoms with E-state index in [-0.39, 0.29) is 35.5 Å². The van der Waals surface area contributed by atoms with Gasteiger partial charge >= 0.3 is 0 Å². The number of sulfonamides is 1. The van der Waals surface area contributed by atoms with Crippen molar-refractivity contribution in [1.82, 2.24) is 10.2 Å². The predicted octanol–water partition coefficient (Wildman–Crippen LogP) is 6.68. The lowest BCUT2D eigenvalue weighted by molar-refractivity contribution is -0.140. The number of benzene rings is 4. The van der Waals surface area contributed by atoms with Crippen LogP contribution in [0.2, 0.25) is 5.02 Å². The van der Waals surface area contributed by atoms with Crippen molar-refractivity contribution in [2.75, 3.05) is 10.8 Å². The molecule has 0 aromatic heterocycles. The monoisotopic (exact) mass is 661 g/mol. The second kappa shape index (κ2) is 14.9. The second-order valence-corrected chi connectivity index (χ2v) is 13.9. The smallest absolute Gasteiger partial charge is 0.264 e. The van der Waals surface area contributed by atoms with Gasteiger partial charge < -0.3 is 10.2 Å². The van der Waals surface area contributed by atoms with Crippen LogP contribution in [0.3, 0.4) is 0 Å². The third kappa shape index (κ3) is 8.33. The Labute approximate surface area is 275 Å². The summed E-state index contributed by atoms with van der Waals surface area (Å²) >= 11 is 6.15. The first kappa shape index (κ1) is 33.2. The fraction of sp³-hybridized carbons (Fsp3) is 0.278. The lowest BCUT2D eigenvalue weighted by Crippen LogP contribution is -2.54. The van der Waals surface area contributed by atoms with Crippen LogP contribution in [-0.4, -0.2) is 43.8 Å². The number of nitrogens with zero attached hydrogens (tertiary/aromatic N) is 2. The van der Waals surface area contributed by atoms with E-state index in [1.54, 1.807) is 36.4 Å². The van der Waals surface area contributed by atoms with Gasteiger partial charge in [-0.3, -0.25) is 13.9 Å². The maximum Gasteiger partial charge on any atom is 0.264 e. The zero-order chi connectivity index (χ0) is 32.7. The molecule has 240 valence electrons. The van der Waals surface area contributed by atoms with Crippen LogP contribution < -0.4 is 9.62 Å². The molecule has 0 saturated heterocycles. The van der Waals surface area contributed by atoms with Crippen LogP contribution in [0.25, 0.3) is 0 Å². The average Bonchev–Trinajstić information content (AvgIpc) is 3.56. The highest BCUT2D eigenvalue weighted by atomic mass is 35.5. The second-order valence-electron chi connectivity index (χ2n) is 11.6. The number of rotatable bonds is 12. The standard InChI is InChI=1S/C36H37ClFN3O4S/c1-26-11-21-33(22-12-26)46(44,45)41(32-19-17-30(38)18-20-32)25-35(42)40(24-28-13-15-29(37)16-14-28)34(23-27-7-3-2-4-8-27)36(43)39-31-9-5-6-10-31/h2-4,7-8,11-22,31,34H,5-6,9-10,23-25H2,1H3,(H,39,43)/t34-/m0/s1. The zero-order valence-electron chi connectivity index (χ0n) is 25.6. The minimum absolute atomic E-state index is 0.0101. The summed E-state index contributed by atoms with van der Waals surface area (Å²) in [5.74, 6) is -1.43. The van der Waals surface area contributed by atoms with Gasteiger partial charge in [-0.2, -0.15) is 0 Å². The molecule has 1 aliphatic carbocycles. The van der Waals surface area contributed by atoms with Crippen LogP contribution in [0.5, 0.6) is 0 Å². The third-order valence-electron chi connectivity index (χ3n) is 8.24. The molecule has 1 saturated carbocycles. The van der Waals surface area contributed by atoms with Crippen molar-refractivity contribution in [3.63, 3.8) is 0 Å². The van der Waals surface area contributed by atoms with Gasteiger partial charge in [-0.25, -0.2) is 12.8 Å². The first-order valence-electron chi connectivity index (χ1n) is 15.3. The van der Waals surface area contributed by atoms with E-state index in [2.05, 4.69) is 5.32 Å². The molecule has 4 aromatic carbocycles. The van der Waals surface area contributed by atoms with Crippen molar-refractivity contribution in [3.8, 4) is 0 Å². The van der Waals surface area contributed by atoms with Gasteiger partial charge in [-0.15, -0.1) is 0 Å². The molecule has 5 rings (SSSR count). The largest absolute Gasteiger partial charge is 0.352 e. The number of carbonyl (C=O) groups is 2. The van der Waals surface area contributed by atoms with Crippen molar-refractivity contribution in [3.05, 3.63) is 131 Å². The summed E-state index contributed by atoms with van der Waals surface area (Å²) in [4.78, 5) is 30.0. The summed E-state index contributed by atoms with van der Waals surface area (Å²) in [5, 5.41) is 3.68. The molecule has 0 spiro atoms. The lowest BCUT2D eigenvalue weighted by Gasteiger charge is -2.34. The molecule has 4 aromatic rings. The Hall–Kier alpha value is -4.21. The number of nitrogens with one attached hydrogen (secondary N) is 1. The van der Waals surface area contributed by atoms with Gasteiger partial charge in [0, 0.05) is 24.0 Å². The Bertz CT molecular complexity index is 1730. The van der Waals surface area contributed by atoms with E-state index in [1.807, 2.05) is 37.3 Å². The molecule has 46 heavy (non-hydrogen) atoms. The molecule has 1 aliphatic rings. The predicted molar refractivity (Wildman–Crippen MR) is 178 cm³/mol. The maximum atomic E-state index is 14.5. The maximum absolute atomic E-state index is 14.5. The van der Waals surface area contributed by atoms with E-state index in [4.69, 9.17) is 11.6 Å². The topological polar surface area (TPSA) is 86.8 Å². The van der Waals surface area contributed by atoms with Gasteiger partial charge in [0.25, 0.3) is 10.0 Å². The van der Waals surface area contributed by atoms with Crippen molar-refractivity contribution in [2.45, 2.75) is 62.6 Å². The molecule has 0 unspecified atom stereocenters. The van der Waals surface area contributed by atoms with E-state index < -0.39 is 34.3 Å². The molecular weight excluding hydrogens is 625 g/mol. The molecular formula is C36H37ClFN3O4S. The molecule has 1 N–H and O–H groups in total. The number of aryl methyl sites for hydroxylation is 1. The van der Waals surface area contributed by atoms with Crippen molar-refractivity contribution >= 4 is 39.1 Å². The first-order chi connectivity index (χ1) is 22.1. The van der Waals surface area contributed by atoms with E-state index >= 15 is 0 Å². The van der Waals surface area contributed by atoms with Crippen molar-refractivity contribution < 1.29 is 22.4 Å². The Morgan fingerprint density at radius 1 is 0.870 bits per heavy atom. The third-order valence-corrected chi connectivity index (χ3v) is 10.3. The van der Waals surface area contributed by atoms with Gasteiger partial charge in [0.05, 0.1) is 10.6 Å². The van der Waals surface area contributed by atoms with Gasteiger partial charge in [0.1, 0.15) is 18.4 Å². The molecule has 7 nitrogen and oxygen atoms in total. The van der Waals surface area contributed by atoms with Crippen molar-refractivity contribution in [2.24, 2.45) is 0 Å². The fourth-order valence-corrected chi connectivity index (χ4v) is 7.22. The highest BCUT2D eigenvalue weighted by Gasteiger charge is 2.35. The van der Waals surface area contributed by atoms with Crippen LogP contribution >= 0.6 is 11.6 Å². The summed E-state index contributed by atoms with van der Waals surface area (Å²) in [7, 11) is -4.27. The molecule has 0 heterocycles. The van der Waals surface area contributed by atoms with E-state index in [0.717, 1.165) is 58.8 Å². The number of amides is 2. The number of halogens is 2. The number of anilines is 1. The number of carbonyl (C=O) groups excluding carboxylic acids is 2. The molecule has 0 aliphatic heterocycles. The molecule has 2 amide bonds. The van der Waals surface area contributed by atoms with Gasteiger partial charge in [0.15, 0.2) is 0 Å². The summed E-state index contributed by atoms with van der Waals surface area (Å²) in [5.41, 5.74) is 2.57. The van der Waals surface area contributed by atoms with Gasteiger partial charge in [-0.1, -0.05) is 84.6 Å². The van der Waals surface area contributed by atoms with Gasteiger partial charge in [0.2, 0.25) is 11.8 Å². The zero-order valence-corrected chi connectivity index (χ0v) is 27.2. The molecule has 10 heteroatoms. The fourth-order valence-electron chi connectivity index (χ4n) is 5.68. The minimum atomic E-state index is -4.27. The number of hydrogen-bond donors (Lipinski definition) is 1. The Balaban J connectivity index is 1.55. The summed E-state index contributed by atoms with van der Waals surface area (Å²) in [6.07, 6.45) is 3.99. The first-order valence-corrected chi connectivity index (χ1v) is 17.1. The molecule has 0 bridgehead atoms.